The Balaban J connectivity index is 2.88. The smallest absolute Gasteiger partial charge is 0.150 e. The third-order valence-electron chi connectivity index (χ3n) is 2.38. The topological polar surface area (TPSA) is 49.8 Å². The third kappa shape index (κ3) is 4.11. The van der Waals surface area contributed by atoms with Gasteiger partial charge in [0.25, 0.3) is 0 Å². The van der Waals surface area contributed by atoms with Crippen molar-refractivity contribution < 1.29 is 14.6 Å². The Labute approximate surface area is 109 Å². The molecular formula is C12H16BrNO3. The number of carbonyl (C=O) groups is 1. The van der Waals surface area contributed by atoms with Crippen LogP contribution in [0.3, 0.4) is 0 Å². The minimum absolute atomic E-state index is 0.0750. The second-order valence-corrected chi connectivity index (χ2v) is 4.39. The lowest BCUT2D eigenvalue weighted by molar-refractivity contribution is 0.112. The monoisotopic (exact) mass is 301 g/mol. The van der Waals surface area contributed by atoms with Gasteiger partial charge in [-0.2, -0.15) is 0 Å². The van der Waals surface area contributed by atoms with Crippen LogP contribution in [-0.4, -0.2) is 44.8 Å². The van der Waals surface area contributed by atoms with Gasteiger partial charge in [-0.15, -0.1) is 0 Å². The van der Waals surface area contributed by atoms with Gasteiger partial charge >= 0.3 is 0 Å². The van der Waals surface area contributed by atoms with Crippen LogP contribution in [0.1, 0.15) is 10.4 Å². The molecule has 1 aromatic carbocycles. The van der Waals surface area contributed by atoms with Gasteiger partial charge in [0.1, 0.15) is 6.29 Å². The van der Waals surface area contributed by atoms with Crippen LogP contribution in [0.15, 0.2) is 22.7 Å². The number of carbonyl (C=O) groups excluding carboxylic acids is 1. The number of anilines is 1. The lowest BCUT2D eigenvalue weighted by Crippen LogP contribution is -2.30. The lowest BCUT2D eigenvalue weighted by Gasteiger charge is -2.24. The van der Waals surface area contributed by atoms with E-state index in [1.165, 1.54) is 0 Å². The van der Waals surface area contributed by atoms with Crippen molar-refractivity contribution in [2.45, 2.75) is 0 Å². The third-order valence-corrected chi connectivity index (χ3v) is 3.02. The van der Waals surface area contributed by atoms with Gasteiger partial charge in [-0.05, 0) is 34.1 Å². The van der Waals surface area contributed by atoms with Gasteiger partial charge in [0.15, 0.2) is 0 Å². The van der Waals surface area contributed by atoms with Crippen LogP contribution in [0.5, 0.6) is 0 Å². The number of aliphatic hydroxyl groups excluding tert-OH is 1. The maximum Gasteiger partial charge on any atom is 0.150 e. The zero-order chi connectivity index (χ0) is 12.7. The summed E-state index contributed by atoms with van der Waals surface area (Å²) in [6.07, 6.45) is 0.806. The summed E-state index contributed by atoms with van der Waals surface area (Å²) in [5.41, 5.74) is 1.57. The van der Waals surface area contributed by atoms with E-state index in [2.05, 4.69) is 15.9 Å². The van der Waals surface area contributed by atoms with E-state index in [9.17, 15) is 4.79 Å². The average Bonchev–Trinajstić information content (AvgIpc) is 2.34. The molecule has 94 valence electrons. The highest BCUT2D eigenvalue weighted by molar-refractivity contribution is 9.10. The molecule has 5 heteroatoms. The Morgan fingerprint density at radius 3 is 2.76 bits per heavy atom. The van der Waals surface area contributed by atoms with Crippen molar-refractivity contribution >= 4 is 27.9 Å². The Morgan fingerprint density at radius 2 is 2.24 bits per heavy atom. The van der Waals surface area contributed by atoms with E-state index in [1.54, 1.807) is 19.2 Å². The van der Waals surface area contributed by atoms with Crippen molar-refractivity contribution in [1.82, 2.24) is 0 Å². The minimum Gasteiger partial charge on any atom is -0.395 e. The fraction of sp³-hybridized carbons (Fsp3) is 0.417. The Kier molecular flexibility index (Phi) is 6.18. The second kappa shape index (κ2) is 7.42. The molecule has 0 unspecified atom stereocenters. The van der Waals surface area contributed by atoms with Crippen molar-refractivity contribution in [3.05, 3.63) is 28.2 Å². The SMILES string of the molecule is COCCN(CCO)c1ccc(C=O)cc1Br. The van der Waals surface area contributed by atoms with Crippen molar-refractivity contribution in [2.75, 3.05) is 38.3 Å². The molecule has 0 aliphatic carbocycles. The van der Waals surface area contributed by atoms with Gasteiger partial charge in [-0.3, -0.25) is 4.79 Å². The number of hydrogen-bond donors (Lipinski definition) is 1. The van der Waals surface area contributed by atoms with Gasteiger partial charge < -0.3 is 14.7 Å². The molecule has 0 aliphatic heterocycles. The van der Waals surface area contributed by atoms with Crippen molar-refractivity contribution in [2.24, 2.45) is 0 Å². The molecular weight excluding hydrogens is 286 g/mol. The first-order chi connectivity index (χ1) is 8.22. The van der Waals surface area contributed by atoms with Crippen LogP contribution in [0.2, 0.25) is 0 Å². The first-order valence-corrected chi connectivity index (χ1v) is 6.11. The van der Waals surface area contributed by atoms with Crippen LogP contribution in [-0.2, 0) is 4.74 Å². The Hall–Kier alpha value is -0.910. The summed E-state index contributed by atoms with van der Waals surface area (Å²) in [5, 5.41) is 9.04. The van der Waals surface area contributed by atoms with E-state index in [-0.39, 0.29) is 6.61 Å². The molecule has 0 bridgehead atoms. The number of methoxy groups -OCH3 is 1. The molecule has 0 fully saturated rings. The number of nitrogens with zero attached hydrogens (tertiary/aromatic N) is 1. The number of hydrogen-bond acceptors (Lipinski definition) is 4. The number of halogens is 1. The number of benzene rings is 1. The van der Waals surface area contributed by atoms with Gasteiger partial charge in [0.2, 0.25) is 0 Å². The number of aliphatic hydroxyl groups is 1. The molecule has 1 aromatic rings. The number of ether oxygens (including phenoxy) is 1. The van der Waals surface area contributed by atoms with E-state index in [0.717, 1.165) is 16.4 Å². The first kappa shape index (κ1) is 14.2. The van der Waals surface area contributed by atoms with Crippen molar-refractivity contribution in [1.29, 1.82) is 0 Å². The number of aldehydes is 1. The summed E-state index contributed by atoms with van der Waals surface area (Å²) in [6.45, 7) is 1.88. The molecule has 0 atom stereocenters. The average molecular weight is 302 g/mol. The van der Waals surface area contributed by atoms with Crippen LogP contribution < -0.4 is 4.90 Å². The highest BCUT2D eigenvalue weighted by Gasteiger charge is 2.09. The lowest BCUT2D eigenvalue weighted by atomic mass is 10.2. The standard InChI is InChI=1S/C12H16BrNO3/c1-17-7-5-14(4-6-15)12-3-2-10(9-16)8-11(12)13/h2-3,8-9,15H,4-7H2,1H3. The normalized spacial score (nSPS) is 10.3. The van der Waals surface area contributed by atoms with Crippen molar-refractivity contribution in [3.63, 3.8) is 0 Å². The zero-order valence-electron chi connectivity index (χ0n) is 9.73. The maximum absolute atomic E-state index is 10.6. The van der Waals surface area contributed by atoms with Gasteiger partial charge in [-0.1, -0.05) is 0 Å². The fourth-order valence-corrected chi connectivity index (χ4v) is 2.18. The maximum atomic E-state index is 10.6. The summed E-state index contributed by atoms with van der Waals surface area (Å²) in [6, 6.07) is 5.38. The molecule has 0 amide bonds. The molecule has 0 heterocycles. The zero-order valence-corrected chi connectivity index (χ0v) is 11.3. The first-order valence-electron chi connectivity index (χ1n) is 5.32. The molecule has 0 saturated heterocycles. The highest BCUT2D eigenvalue weighted by Crippen LogP contribution is 2.26. The van der Waals surface area contributed by atoms with Crippen LogP contribution in [0.4, 0.5) is 5.69 Å². The largest absolute Gasteiger partial charge is 0.395 e. The van der Waals surface area contributed by atoms with E-state index < -0.39 is 0 Å². The van der Waals surface area contributed by atoms with Crippen LogP contribution in [0.25, 0.3) is 0 Å². The molecule has 1 N–H and O–H groups in total. The van der Waals surface area contributed by atoms with Gasteiger partial charge in [0, 0.05) is 30.2 Å². The summed E-state index contributed by atoms with van der Waals surface area (Å²) >= 11 is 3.43. The van der Waals surface area contributed by atoms with E-state index in [4.69, 9.17) is 9.84 Å². The fourth-order valence-electron chi connectivity index (χ4n) is 1.53. The molecule has 0 spiro atoms. The predicted octanol–water partition coefficient (Wildman–Crippen LogP) is 1.71. The molecule has 0 aliphatic rings. The molecule has 0 saturated carbocycles. The summed E-state index contributed by atoms with van der Waals surface area (Å²) in [5.74, 6) is 0. The Bertz CT molecular complexity index is 371. The minimum atomic E-state index is 0.0750. The molecule has 0 radical (unpaired) electrons. The summed E-state index contributed by atoms with van der Waals surface area (Å²) in [7, 11) is 1.64. The van der Waals surface area contributed by atoms with E-state index in [0.29, 0.717) is 25.3 Å². The van der Waals surface area contributed by atoms with E-state index >= 15 is 0 Å². The van der Waals surface area contributed by atoms with E-state index in [1.807, 2.05) is 11.0 Å². The molecule has 1 rings (SSSR count). The second-order valence-electron chi connectivity index (χ2n) is 3.53. The van der Waals surface area contributed by atoms with Gasteiger partial charge in [0.05, 0.1) is 18.9 Å². The Morgan fingerprint density at radius 1 is 1.47 bits per heavy atom. The van der Waals surface area contributed by atoms with Crippen LogP contribution >= 0.6 is 15.9 Å². The van der Waals surface area contributed by atoms with Crippen LogP contribution in [0, 0.1) is 0 Å². The number of rotatable bonds is 7. The molecule has 17 heavy (non-hydrogen) atoms. The van der Waals surface area contributed by atoms with Gasteiger partial charge in [-0.25, -0.2) is 0 Å². The highest BCUT2D eigenvalue weighted by atomic mass is 79.9. The van der Waals surface area contributed by atoms with Crippen molar-refractivity contribution in [3.8, 4) is 0 Å². The summed E-state index contributed by atoms with van der Waals surface area (Å²) in [4.78, 5) is 12.6. The summed E-state index contributed by atoms with van der Waals surface area (Å²) < 4.78 is 5.87. The quantitative estimate of drug-likeness (QED) is 0.779. The molecule has 4 nitrogen and oxygen atoms in total. The molecule has 0 aromatic heterocycles. The predicted molar refractivity (Wildman–Crippen MR) is 70.7 cm³/mol.